The van der Waals surface area contributed by atoms with Gasteiger partial charge in [-0.05, 0) is 49.9 Å². The van der Waals surface area contributed by atoms with Gasteiger partial charge in [0.05, 0.1) is 17.7 Å². The van der Waals surface area contributed by atoms with Crippen LogP contribution in [0.25, 0.3) is 11.6 Å². The molecule has 2 amide bonds. The zero-order chi connectivity index (χ0) is 20.7. The first-order valence-electron chi connectivity index (χ1n) is 9.99. The SMILES string of the molecule is CCN(CC)CCN1Cc2[nH]c(/C=C3\C(=O)Nc4ccc(Br)cc43)c(C)c2C1=O. The quantitative estimate of drug-likeness (QED) is 0.648. The average Bonchev–Trinajstić information content (AvgIpc) is 3.29. The Kier molecular flexibility index (Phi) is 5.36. The normalized spacial score (nSPS) is 16.7. The number of aromatic amines is 1. The second-order valence-electron chi connectivity index (χ2n) is 7.47. The molecule has 2 aromatic rings. The van der Waals surface area contributed by atoms with E-state index in [2.05, 4.69) is 45.0 Å². The molecule has 0 saturated carbocycles. The molecule has 0 atom stereocenters. The van der Waals surface area contributed by atoms with Gasteiger partial charge in [0.1, 0.15) is 0 Å². The number of carbonyl (C=O) groups is 2. The van der Waals surface area contributed by atoms with Gasteiger partial charge in [-0.15, -0.1) is 0 Å². The Morgan fingerprint density at radius 1 is 1.24 bits per heavy atom. The Morgan fingerprint density at radius 2 is 2.00 bits per heavy atom. The van der Waals surface area contributed by atoms with Crippen molar-refractivity contribution >= 4 is 45.1 Å². The predicted octanol–water partition coefficient (Wildman–Crippen LogP) is 3.88. The van der Waals surface area contributed by atoms with Crippen molar-refractivity contribution in [1.82, 2.24) is 14.8 Å². The fourth-order valence-corrected chi connectivity index (χ4v) is 4.44. The van der Waals surface area contributed by atoms with Crippen LogP contribution in [0.4, 0.5) is 5.69 Å². The third kappa shape index (κ3) is 3.53. The highest BCUT2D eigenvalue weighted by atomic mass is 79.9. The number of benzene rings is 1. The Hall–Kier alpha value is -2.38. The van der Waals surface area contributed by atoms with Gasteiger partial charge in [-0.25, -0.2) is 0 Å². The molecule has 0 fully saturated rings. The molecule has 2 aliphatic rings. The number of hydrogen-bond acceptors (Lipinski definition) is 3. The first-order chi connectivity index (χ1) is 13.9. The number of fused-ring (bicyclic) bond motifs is 2. The van der Waals surface area contributed by atoms with Crippen molar-refractivity contribution in [2.24, 2.45) is 0 Å². The molecule has 2 aliphatic heterocycles. The lowest BCUT2D eigenvalue weighted by molar-refractivity contribution is -0.110. The largest absolute Gasteiger partial charge is 0.357 e. The van der Waals surface area contributed by atoms with Gasteiger partial charge in [-0.1, -0.05) is 29.8 Å². The summed E-state index contributed by atoms with van der Waals surface area (Å²) in [7, 11) is 0. The number of nitrogens with zero attached hydrogens (tertiary/aromatic N) is 2. The minimum Gasteiger partial charge on any atom is -0.357 e. The highest BCUT2D eigenvalue weighted by Crippen LogP contribution is 2.36. The number of rotatable bonds is 6. The highest BCUT2D eigenvalue weighted by Gasteiger charge is 2.33. The van der Waals surface area contributed by atoms with Gasteiger partial charge in [0, 0.05) is 40.2 Å². The maximum absolute atomic E-state index is 12.9. The van der Waals surface area contributed by atoms with Gasteiger partial charge < -0.3 is 20.1 Å². The fraction of sp³-hybridized carbons (Fsp3) is 0.364. The van der Waals surface area contributed by atoms with Gasteiger partial charge in [0.25, 0.3) is 11.8 Å². The van der Waals surface area contributed by atoms with E-state index < -0.39 is 0 Å². The van der Waals surface area contributed by atoms with Gasteiger partial charge in [-0.3, -0.25) is 9.59 Å². The summed E-state index contributed by atoms with van der Waals surface area (Å²) in [5.41, 5.74) is 5.69. The van der Waals surface area contributed by atoms with Crippen molar-refractivity contribution in [2.75, 3.05) is 31.5 Å². The zero-order valence-corrected chi connectivity index (χ0v) is 18.5. The second kappa shape index (κ2) is 7.80. The van der Waals surface area contributed by atoms with Crippen molar-refractivity contribution in [1.29, 1.82) is 0 Å². The molecule has 29 heavy (non-hydrogen) atoms. The molecular formula is C22H25BrN4O2. The van der Waals surface area contributed by atoms with Crippen LogP contribution in [-0.2, 0) is 11.3 Å². The highest BCUT2D eigenvalue weighted by molar-refractivity contribution is 9.10. The number of carbonyl (C=O) groups excluding carboxylic acids is 2. The Balaban J connectivity index is 1.59. The van der Waals surface area contributed by atoms with Crippen LogP contribution >= 0.6 is 15.9 Å². The molecule has 6 nitrogen and oxygen atoms in total. The van der Waals surface area contributed by atoms with E-state index in [1.165, 1.54) is 0 Å². The van der Waals surface area contributed by atoms with E-state index in [1.54, 1.807) is 0 Å². The molecule has 4 rings (SSSR count). The molecule has 1 aromatic carbocycles. The van der Waals surface area contributed by atoms with Crippen molar-refractivity contribution in [3.8, 4) is 0 Å². The summed E-state index contributed by atoms with van der Waals surface area (Å²) in [6.07, 6.45) is 1.86. The summed E-state index contributed by atoms with van der Waals surface area (Å²) in [4.78, 5) is 33.0. The molecule has 0 bridgehead atoms. The number of H-pyrrole nitrogens is 1. The minimum atomic E-state index is -0.126. The lowest BCUT2D eigenvalue weighted by Gasteiger charge is -2.22. The Bertz CT molecular complexity index is 1020. The van der Waals surface area contributed by atoms with Crippen LogP contribution in [0.1, 0.15) is 46.7 Å². The van der Waals surface area contributed by atoms with Crippen LogP contribution in [0.3, 0.4) is 0 Å². The molecule has 0 aliphatic carbocycles. The molecule has 0 saturated heterocycles. The van der Waals surface area contributed by atoms with Crippen LogP contribution in [0.5, 0.6) is 0 Å². The predicted molar refractivity (Wildman–Crippen MR) is 119 cm³/mol. The van der Waals surface area contributed by atoms with Crippen molar-refractivity contribution < 1.29 is 9.59 Å². The number of nitrogens with one attached hydrogen (secondary N) is 2. The molecule has 7 heteroatoms. The third-order valence-corrected chi connectivity index (χ3v) is 6.34. The summed E-state index contributed by atoms with van der Waals surface area (Å²) in [5.74, 6) is -0.0518. The summed E-state index contributed by atoms with van der Waals surface area (Å²) in [5, 5.41) is 2.90. The molecule has 1 aromatic heterocycles. The number of aromatic nitrogens is 1. The topological polar surface area (TPSA) is 68.4 Å². The summed E-state index contributed by atoms with van der Waals surface area (Å²) in [6.45, 7) is 10.4. The van der Waals surface area contributed by atoms with E-state index >= 15 is 0 Å². The summed E-state index contributed by atoms with van der Waals surface area (Å²) < 4.78 is 0.920. The lowest BCUT2D eigenvalue weighted by atomic mass is 10.0. The van der Waals surface area contributed by atoms with E-state index in [-0.39, 0.29) is 11.8 Å². The first kappa shape index (κ1) is 19.9. The van der Waals surface area contributed by atoms with Crippen molar-refractivity contribution in [2.45, 2.75) is 27.3 Å². The lowest BCUT2D eigenvalue weighted by Crippen LogP contribution is -2.35. The maximum atomic E-state index is 12.9. The molecule has 0 unspecified atom stereocenters. The van der Waals surface area contributed by atoms with Gasteiger partial charge in [0.2, 0.25) is 0 Å². The molecule has 0 radical (unpaired) electrons. The third-order valence-electron chi connectivity index (χ3n) is 5.85. The van der Waals surface area contributed by atoms with E-state index in [0.29, 0.717) is 12.1 Å². The number of likely N-dealkylation sites (N-methyl/N-ethyl adjacent to an activating group) is 1. The van der Waals surface area contributed by atoms with Crippen molar-refractivity contribution in [3.05, 3.63) is 50.8 Å². The molecule has 3 heterocycles. The van der Waals surface area contributed by atoms with E-state index in [4.69, 9.17) is 0 Å². The summed E-state index contributed by atoms with van der Waals surface area (Å²) >= 11 is 3.47. The average molecular weight is 457 g/mol. The number of amides is 2. The number of anilines is 1. The van der Waals surface area contributed by atoms with Gasteiger partial charge >= 0.3 is 0 Å². The molecule has 0 spiro atoms. The maximum Gasteiger partial charge on any atom is 0.256 e. The van der Waals surface area contributed by atoms with Crippen LogP contribution in [0.2, 0.25) is 0 Å². The Labute approximate surface area is 179 Å². The molecule has 152 valence electrons. The first-order valence-corrected chi connectivity index (χ1v) is 10.8. The number of hydrogen-bond donors (Lipinski definition) is 2. The van der Waals surface area contributed by atoms with Crippen LogP contribution < -0.4 is 5.32 Å². The van der Waals surface area contributed by atoms with E-state index in [0.717, 1.165) is 64.4 Å². The fourth-order valence-electron chi connectivity index (χ4n) is 4.08. The van der Waals surface area contributed by atoms with Crippen LogP contribution in [0.15, 0.2) is 22.7 Å². The van der Waals surface area contributed by atoms with Crippen molar-refractivity contribution in [3.63, 3.8) is 0 Å². The summed E-state index contributed by atoms with van der Waals surface area (Å²) in [6, 6.07) is 5.73. The molecule has 2 N–H and O–H groups in total. The van der Waals surface area contributed by atoms with Gasteiger partial charge in [0.15, 0.2) is 0 Å². The minimum absolute atomic E-state index is 0.0737. The van der Waals surface area contributed by atoms with Gasteiger partial charge in [-0.2, -0.15) is 0 Å². The van der Waals surface area contributed by atoms with E-state index in [9.17, 15) is 9.59 Å². The zero-order valence-electron chi connectivity index (χ0n) is 16.9. The standard InChI is InChI=1S/C22H25BrN4O2/c1-4-26(5-2)8-9-27-12-19-20(22(27)29)13(3)18(24-19)11-16-15-10-14(23)6-7-17(15)25-21(16)28/h6-7,10-11,24H,4-5,8-9,12H2,1-3H3,(H,25,28)/b16-11-. The smallest absolute Gasteiger partial charge is 0.256 e. The number of halogens is 1. The second-order valence-corrected chi connectivity index (χ2v) is 8.39. The molecular weight excluding hydrogens is 432 g/mol. The van der Waals surface area contributed by atoms with E-state index in [1.807, 2.05) is 36.1 Å². The monoisotopic (exact) mass is 456 g/mol. The van der Waals surface area contributed by atoms with Crippen LogP contribution in [0, 0.1) is 6.92 Å². The Morgan fingerprint density at radius 3 is 2.69 bits per heavy atom. The van der Waals surface area contributed by atoms with Crippen LogP contribution in [-0.4, -0.2) is 52.8 Å².